The van der Waals surface area contributed by atoms with Crippen molar-refractivity contribution in [3.8, 4) is 11.3 Å². The van der Waals surface area contributed by atoms with Crippen LogP contribution in [0.15, 0.2) is 23.6 Å². The Hall–Kier alpha value is -1.88. The summed E-state index contributed by atoms with van der Waals surface area (Å²) < 4.78 is 0. The molecule has 0 amide bonds. The minimum absolute atomic E-state index is 0.408. The van der Waals surface area contributed by atoms with Gasteiger partial charge in [-0.2, -0.15) is 0 Å². The number of aromatic nitrogens is 3. The fourth-order valence-corrected chi connectivity index (χ4v) is 2.66. The Bertz CT molecular complexity index is 711. The van der Waals surface area contributed by atoms with Crippen LogP contribution in [0.25, 0.3) is 22.3 Å². The van der Waals surface area contributed by atoms with Gasteiger partial charge in [-0.1, -0.05) is 19.9 Å². The molecule has 98 valence electrons. The standard InChI is InChI=1S/C14H16N4S/c1-8(2)13-16-10-5-4-9(6-11(10)17-13)12-7-19-14(15-3)18-12/h4-8H,1-3H3,(H,15,18)(H,16,17). The second kappa shape index (κ2) is 4.66. The molecule has 0 unspecified atom stereocenters. The van der Waals surface area contributed by atoms with E-state index in [1.165, 1.54) is 0 Å². The summed E-state index contributed by atoms with van der Waals surface area (Å²) in [6, 6.07) is 6.23. The lowest BCUT2D eigenvalue weighted by Crippen LogP contribution is -1.88. The van der Waals surface area contributed by atoms with Gasteiger partial charge in [0.1, 0.15) is 5.82 Å². The summed E-state index contributed by atoms with van der Waals surface area (Å²) in [5, 5.41) is 6.06. The Morgan fingerprint density at radius 3 is 2.79 bits per heavy atom. The highest BCUT2D eigenvalue weighted by molar-refractivity contribution is 7.14. The predicted octanol–water partition coefficient (Wildman–Crippen LogP) is 3.85. The molecule has 0 radical (unpaired) electrons. The van der Waals surface area contributed by atoms with E-state index in [9.17, 15) is 0 Å². The number of aromatic amines is 1. The molecule has 0 saturated heterocycles. The maximum absolute atomic E-state index is 4.58. The maximum atomic E-state index is 4.58. The smallest absolute Gasteiger partial charge is 0.182 e. The Morgan fingerprint density at radius 2 is 2.11 bits per heavy atom. The number of rotatable bonds is 3. The van der Waals surface area contributed by atoms with Gasteiger partial charge in [-0.25, -0.2) is 9.97 Å². The molecule has 0 fully saturated rings. The molecule has 2 N–H and O–H groups in total. The van der Waals surface area contributed by atoms with Crippen LogP contribution in [0.5, 0.6) is 0 Å². The molecular weight excluding hydrogens is 256 g/mol. The third-order valence-electron chi connectivity index (χ3n) is 3.06. The van der Waals surface area contributed by atoms with E-state index in [1.54, 1.807) is 11.3 Å². The van der Waals surface area contributed by atoms with Crippen LogP contribution in [0.1, 0.15) is 25.6 Å². The predicted molar refractivity (Wildman–Crippen MR) is 80.8 cm³/mol. The number of nitrogens with zero attached hydrogens (tertiary/aromatic N) is 2. The lowest BCUT2D eigenvalue weighted by Gasteiger charge is -1.97. The Labute approximate surface area is 115 Å². The van der Waals surface area contributed by atoms with Crippen LogP contribution < -0.4 is 5.32 Å². The number of benzene rings is 1. The average molecular weight is 272 g/mol. The van der Waals surface area contributed by atoms with Crippen molar-refractivity contribution >= 4 is 27.5 Å². The zero-order valence-electron chi connectivity index (χ0n) is 11.2. The number of anilines is 1. The molecule has 4 nitrogen and oxygen atoms in total. The summed E-state index contributed by atoms with van der Waals surface area (Å²) in [4.78, 5) is 12.5. The molecular formula is C14H16N4S. The fourth-order valence-electron chi connectivity index (χ4n) is 1.98. The van der Waals surface area contributed by atoms with Gasteiger partial charge in [0.05, 0.1) is 16.7 Å². The van der Waals surface area contributed by atoms with Crippen LogP contribution in [0, 0.1) is 0 Å². The average Bonchev–Trinajstić information content (AvgIpc) is 3.04. The first-order valence-electron chi connectivity index (χ1n) is 6.30. The van der Waals surface area contributed by atoms with E-state index in [-0.39, 0.29) is 0 Å². The first kappa shape index (κ1) is 12.2. The van der Waals surface area contributed by atoms with Gasteiger partial charge < -0.3 is 10.3 Å². The van der Waals surface area contributed by atoms with Crippen molar-refractivity contribution in [2.24, 2.45) is 0 Å². The molecule has 0 bridgehead atoms. The van der Waals surface area contributed by atoms with Crippen molar-refractivity contribution in [1.82, 2.24) is 15.0 Å². The quantitative estimate of drug-likeness (QED) is 0.761. The SMILES string of the molecule is CNc1nc(-c2ccc3nc(C(C)C)[nH]c3c2)cs1. The molecule has 19 heavy (non-hydrogen) atoms. The van der Waals surface area contributed by atoms with Gasteiger partial charge in [-0.15, -0.1) is 11.3 Å². The lowest BCUT2D eigenvalue weighted by atomic mass is 10.1. The molecule has 0 atom stereocenters. The number of H-pyrrole nitrogens is 1. The van der Waals surface area contributed by atoms with E-state index in [1.807, 2.05) is 13.1 Å². The van der Waals surface area contributed by atoms with Crippen LogP contribution in [0.3, 0.4) is 0 Å². The minimum atomic E-state index is 0.408. The molecule has 3 aromatic rings. The monoisotopic (exact) mass is 272 g/mol. The van der Waals surface area contributed by atoms with Crippen molar-refractivity contribution < 1.29 is 0 Å². The van der Waals surface area contributed by atoms with Gasteiger partial charge in [0.25, 0.3) is 0 Å². The number of fused-ring (bicyclic) bond motifs is 1. The van der Waals surface area contributed by atoms with E-state index in [0.717, 1.165) is 33.2 Å². The molecule has 2 aromatic heterocycles. The topological polar surface area (TPSA) is 53.6 Å². The summed E-state index contributed by atoms with van der Waals surface area (Å²) in [7, 11) is 1.88. The second-order valence-corrected chi connectivity index (χ2v) is 5.65. The van der Waals surface area contributed by atoms with Crippen molar-refractivity contribution in [2.75, 3.05) is 12.4 Å². The molecule has 0 aliphatic heterocycles. The normalized spacial score (nSPS) is 11.4. The van der Waals surface area contributed by atoms with Crippen LogP contribution in [-0.2, 0) is 0 Å². The van der Waals surface area contributed by atoms with Gasteiger partial charge in [0, 0.05) is 23.9 Å². The lowest BCUT2D eigenvalue weighted by molar-refractivity contribution is 0.799. The Balaban J connectivity index is 2.05. The zero-order valence-corrected chi connectivity index (χ0v) is 12.0. The van der Waals surface area contributed by atoms with Crippen LogP contribution >= 0.6 is 11.3 Å². The Kier molecular flexibility index (Phi) is 2.98. The summed E-state index contributed by atoms with van der Waals surface area (Å²) in [5.74, 6) is 1.44. The highest BCUT2D eigenvalue weighted by atomic mass is 32.1. The highest BCUT2D eigenvalue weighted by Gasteiger charge is 2.09. The van der Waals surface area contributed by atoms with Crippen molar-refractivity contribution in [1.29, 1.82) is 0 Å². The molecule has 0 aliphatic carbocycles. The van der Waals surface area contributed by atoms with Crippen molar-refractivity contribution in [3.63, 3.8) is 0 Å². The zero-order chi connectivity index (χ0) is 13.4. The van der Waals surface area contributed by atoms with Crippen molar-refractivity contribution in [2.45, 2.75) is 19.8 Å². The number of hydrogen-bond donors (Lipinski definition) is 2. The van der Waals surface area contributed by atoms with Crippen LogP contribution in [-0.4, -0.2) is 22.0 Å². The molecule has 0 saturated carbocycles. The molecule has 1 aromatic carbocycles. The first-order chi connectivity index (χ1) is 9.17. The molecule has 5 heteroatoms. The van der Waals surface area contributed by atoms with Crippen LogP contribution in [0.4, 0.5) is 5.13 Å². The molecule has 0 aliphatic rings. The summed E-state index contributed by atoms with van der Waals surface area (Å²) in [6.45, 7) is 4.27. The summed E-state index contributed by atoms with van der Waals surface area (Å²) in [5.41, 5.74) is 4.19. The van der Waals surface area contributed by atoms with Crippen LogP contribution in [0.2, 0.25) is 0 Å². The van der Waals surface area contributed by atoms with Gasteiger partial charge in [-0.3, -0.25) is 0 Å². The van der Waals surface area contributed by atoms with E-state index in [4.69, 9.17) is 0 Å². The number of nitrogens with one attached hydrogen (secondary N) is 2. The van der Waals surface area contributed by atoms with E-state index in [0.29, 0.717) is 5.92 Å². The third kappa shape index (κ3) is 2.21. The second-order valence-electron chi connectivity index (χ2n) is 4.80. The highest BCUT2D eigenvalue weighted by Crippen LogP contribution is 2.27. The first-order valence-corrected chi connectivity index (χ1v) is 7.18. The van der Waals surface area contributed by atoms with E-state index >= 15 is 0 Å². The molecule has 3 rings (SSSR count). The van der Waals surface area contributed by atoms with E-state index < -0.39 is 0 Å². The van der Waals surface area contributed by atoms with Gasteiger partial charge in [0.15, 0.2) is 5.13 Å². The third-order valence-corrected chi connectivity index (χ3v) is 3.92. The summed E-state index contributed by atoms with van der Waals surface area (Å²) >= 11 is 1.61. The molecule has 2 heterocycles. The summed E-state index contributed by atoms with van der Waals surface area (Å²) in [6.07, 6.45) is 0. The number of imidazole rings is 1. The minimum Gasteiger partial charge on any atom is -0.365 e. The fraction of sp³-hybridized carbons (Fsp3) is 0.286. The van der Waals surface area contributed by atoms with Crippen molar-refractivity contribution in [3.05, 3.63) is 29.4 Å². The number of hydrogen-bond acceptors (Lipinski definition) is 4. The Morgan fingerprint density at radius 1 is 1.26 bits per heavy atom. The maximum Gasteiger partial charge on any atom is 0.182 e. The van der Waals surface area contributed by atoms with E-state index in [2.05, 4.69) is 51.6 Å². The van der Waals surface area contributed by atoms with Gasteiger partial charge in [0.2, 0.25) is 0 Å². The largest absolute Gasteiger partial charge is 0.365 e. The number of thiazole rings is 1. The molecule has 0 spiro atoms. The van der Waals surface area contributed by atoms with Gasteiger partial charge >= 0.3 is 0 Å². The van der Waals surface area contributed by atoms with Gasteiger partial charge in [-0.05, 0) is 12.1 Å².